The molecule has 0 radical (unpaired) electrons. The number of likely N-dealkylation sites (N-methyl/N-ethyl adjacent to an activating group) is 1. The zero-order chi connectivity index (χ0) is 28.5. The second-order valence-electron chi connectivity index (χ2n) is 12.5. The highest BCUT2D eigenvalue weighted by molar-refractivity contribution is 6.08. The molecule has 4 unspecified atom stereocenters. The van der Waals surface area contributed by atoms with Crippen LogP contribution in [0.2, 0.25) is 0 Å². The van der Waals surface area contributed by atoms with Crippen molar-refractivity contribution < 1.29 is 19.5 Å². The minimum atomic E-state index is -1.16. The Kier molecular flexibility index (Phi) is 8.10. The number of hydrogen-bond acceptors (Lipinski definition) is 7. The van der Waals surface area contributed by atoms with E-state index in [1.54, 1.807) is 0 Å². The van der Waals surface area contributed by atoms with Crippen molar-refractivity contribution in [2.45, 2.75) is 101 Å². The predicted molar refractivity (Wildman–Crippen MR) is 155 cm³/mol. The van der Waals surface area contributed by atoms with Crippen molar-refractivity contribution in [3.63, 3.8) is 0 Å². The van der Waals surface area contributed by atoms with Crippen LogP contribution in [-0.4, -0.2) is 68.9 Å². The molecule has 0 spiro atoms. The van der Waals surface area contributed by atoms with Gasteiger partial charge in [0.05, 0.1) is 17.5 Å². The highest BCUT2D eigenvalue weighted by Gasteiger charge is 2.45. The first-order valence-electron chi connectivity index (χ1n) is 15.3. The first-order valence-corrected chi connectivity index (χ1v) is 15.3. The van der Waals surface area contributed by atoms with E-state index in [2.05, 4.69) is 20.4 Å². The molecule has 220 valence electrons. The van der Waals surface area contributed by atoms with Crippen LogP contribution >= 0.6 is 0 Å². The van der Waals surface area contributed by atoms with Gasteiger partial charge in [0.15, 0.2) is 12.3 Å². The van der Waals surface area contributed by atoms with E-state index in [4.69, 9.17) is 4.84 Å². The summed E-state index contributed by atoms with van der Waals surface area (Å²) in [5.74, 6) is 0.177. The fraction of sp³-hybridized carbons (Fsp3) is 0.645. The Morgan fingerprint density at radius 1 is 0.976 bits per heavy atom. The van der Waals surface area contributed by atoms with Gasteiger partial charge in [0, 0.05) is 31.2 Å². The maximum Gasteiger partial charge on any atom is 0.309 e. The minimum Gasteiger partial charge on any atom is -0.481 e. The van der Waals surface area contributed by atoms with Crippen LogP contribution < -0.4 is 10.9 Å². The Morgan fingerprint density at radius 3 is 2.34 bits per heavy atom. The van der Waals surface area contributed by atoms with E-state index in [-0.39, 0.29) is 29.6 Å². The number of piperidine rings is 2. The average Bonchev–Trinajstić information content (AvgIpc) is 2.95. The van der Waals surface area contributed by atoms with E-state index in [0.29, 0.717) is 23.6 Å². The lowest BCUT2D eigenvalue weighted by Gasteiger charge is -2.55. The van der Waals surface area contributed by atoms with Crippen LogP contribution in [0.3, 0.4) is 0 Å². The van der Waals surface area contributed by atoms with E-state index in [1.807, 2.05) is 28.8 Å². The quantitative estimate of drug-likeness (QED) is 0.369. The number of hydrogen-bond donors (Lipinski definition) is 2. The summed E-state index contributed by atoms with van der Waals surface area (Å²) in [5, 5.41) is 15.9. The number of nitrogens with one attached hydrogen (secondary N) is 1. The highest BCUT2D eigenvalue weighted by atomic mass is 16.6. The largest absolute Gasteiger partial charge is 0.481 e. The van der Waals surface area contributed by atoms with Crippen molar-refractivity contribution in [2.75, 3.05) is 13.7 Å². The number of carbonyl (C=O) groups is 2. The number of carboxylic acid groups (broad SMARTS) is 1. The zero-order valence-corrected chi connectivity index (χ0v) is 23.8. The third-order valence-corrected chi connectivity index (χ3v) is 9.93. The van der Waals surface area contributed by atoms with Crippen LogP contribution in [0.15, 0.2) is 34.2 Å². The molecule has 4 fully saturated rings. The molecule has 10 heteroatoms. The second kappa shape index (κ2) is 11.9. The molecule has 1 aromatic heterocycles. The van der Waals surface area contributed by atoms with E-state index >= 15 is 0 Å². The van der Waals surface area contributed by atoms with Crippen LogP contribution in [0.4, 0.5) is 0 Å². The lowest BCUT2D eigenvalue weighted by Crippen LogP contribution is -2.58. The lowest BCUT2D eigenvalue weighted by molar-refractivity contribution is -0.135. The Bertz CT molecular complexity index is 1360. The highest BCUT2D eigenvalue weighted by Crippen LogP contribution is 2.47. The molecular formula is C31H41N5O5. The molecule has 2 saturated carbocycles. The number of carbonyl (C=O) groups excluding carboxylic acids is 1. The molecule has 2 aliphatic heterocycles. The number of oxime groups is 1. The van der Waals surface area contributed by atoms with Crippen molar-refractivity contribution in [3.05, 3.63) is 40.3 Å². The number of carboxylic acids is 1. The molecule has 10 nitrogen and oxygen atoms in total. The smallest absolute Gasteiger partial charge is 0.309 e. The number of para-hydroxylation sites is 2. The predicted octanol–water partition coefficient (Wildman–Crippen LogP) is 3.86. The van der Waals surface area contributed by atoms with Gasteiger partial charge in [-0.05, 0) is 68.9 Å². The lowest BCUT2D eigenvalue weighted by atomic mass is 9.68. The first kappa shape index (κ1) is 27.9. The number of nitrogens with zero attached hydrogens (tertiary/aromatic N) is 4. The molecule has 2 N–H and O–H groups in total. The van der Waals surface area contributed by atoms with Crippen LogP contribution in [0.25, 0.3) is 11.0 Å². The SMILES string of the molecule is CNC(=O)CON=C(CC(=O)O)c1nc2ccccc2n(C2CC3CCCC(C2)N3C2CC3CCCC(C3)C2)c1=O. The van der Waals surface area contributed by atoms with Gasteiger partial charge in [0.1, 0.15) is 5.71 Å². The zero-order valence-electron chi connectivity index (χ0n) is 23.8. The number of benzene rings is 1. The summed E-state index contributed by atoms with van der Waals surface area (Å²) in [7, 11) is 1.47. The standard InChI is InChI=1S/C31H41N5O5/c1-32-28(37)18-41-34-26(17-29(38)39)30-31(40)36(27-11-3-2-10-25(27)33-30)24-15-21-8-5-9-22(16-24)35(21)23-13-19-6-4-7-20(12-19)14-23/h2-3,10-11,19-24H,4-9,12-18H2,1H3,(H,32,37)(H,38,39). The molecule has 4 aliphatic rings. The molecule has 1 amide bonds. The molecular weight excluding hydrogens is 522 g/mol. The summed E-state index contributed by atoms with van der Waals surface area (Å²) >= 11 is 0. The molecule has 6 rings (SSSR count). The van der Waals surface area contributed by atoms with Crippen molar-refractivity contribution in [3.8, 4) is 0 Å². The van der Waals surface area contributed by atoms with Gasteiger partial charge in [-0.25, -0.2) is 4.98 Å². The molecule has 4 atom stereocenters. The number of rotatable bonds is 8. The van der Waals surface area contributed by atoms with Crippen molar-refractivity contribution in [1.29, 1.82) is 0 Å². The Balaban J connectivity index is 1.34. The Labute approximate surface area is 240 Å². The molecule has 41 heavy (non-hydrogen) atoms. The van der Waals surface area contributed by atoms with Crippen LogP contribution in [0, 0.1) is 11.8 Å². The first-order chi connectivity index (χ1) is 19.9. The molecule has 2 aromatic rings. The van der Waals surface area contributed by atoms with Crippen LogP contribution in [-0.2, 0) is 14.4 Å². The second-order valence-corrected chi connectivity index (χ2v) is 12.5. The van der Waals surface area contributed by atoms with Gasteiger partial charge in [-0.2, -0.15) is 0 Å². The third-order valence-electron chi connectivity index (χ3n) is 9.93. The summed E-state index contributed by atoms with van der Waals surface area (Å²) in [6, 6.07) is 9.08. The van der Waals surface area contributed by atoms with Crippen molar-refractivity contribution in [2.24, 2.45) is 17.0 Å². The monoisotopic (exact) mass is 563 g/mol. The van der Waals surface area contributed by atoms with Crippen molar-refractivity contribution in [1.82, 2.24) is 19.8 Å². The summed E-state index contributed by atoms with van der Waals surface area (Å²) in [5.41, 5.74) is 0.897. The van der Waals surface area contributed by atoms with Crippen LogP contribution in [0.5, 0.6) is 0 Å². The third kappa shape index (κ3) is 5.76. The van der Waals surface area contributed by atoms with Crippen molar-refractivity contribution >= 4 is 28.6 Å². The maximum atomic E-state index is 14.2. The Morgan fingerprint density at radius 2 is 1.66 bits per heavy atom. The Hall–Kier alpha value is -3.27. The number of amides is 1. The molecule has 2 aliphatic carbocycles. The topological polar surface area (TPSA) is 126 Å². The summed E-state index contributed by atoms with van der Waals surface area (Å²) < 4.78 is 1.85. The van der Waals surface area contributed by atoms with Gasteiger partial charge in [0.2, 0.25) is 0 Å². The molecule has 1 aromatic carbocycles. The van der Waals surface area contributed by atoms with E-state index < -0.39 is 18.3 Å². The number of fused-ring (bicyclic) bond motifs is 5. The van der Waals surface area contributed by atoms with Gasteiger partial charge in [0.25, 0.3) is 11.5 Å². The van der Waals surface area contributed by atoms with Gasteiger partial charge in [-0.3, -0.25) is 19.3 Å². The maximum absolute atomic E-state index is 14.2. The van der Waals surface area contributed by atoms with Gasteiger partial charge in [-0.15, -0.1) is 0 Å². The normalized spacial score (nSPS) is 30.1. The van der Waals surface area contributed by atoms with Gasteiger partial charge >= 0.3 is 5.97 Å². The summed E-state index contributed by atoms with van der Waals surface area (Å²) in [6.07, 6.45) is 13.0. The average molecular weight is 564 g/mol. The number of aliphatic carboxylic acids is 1. The fourth-order valence-electron chi connectivity index (χ4n) is 8.38. The minimum absolute atomic E-state index is 0.0124. The van der Waals surface area contributed by atoms with E-state index in [0.717, 1.165) is 43.0 Å². The van der Waals surface area contributed by atoms with Gasteiger partial charge < -0.3 is 19.8 Å². The van der Waals surface area contributed by atoms with E-state index in [9.17, 15) is 19.5 Å². The fourth-order valence-corrected chi connectivity index (χ4v) is 8.38. The van der Waals surface area contributed by atoms with E-state index in [1.165, 1.54) is 52.0 Å². The number of aromatic nitrogens is 2. The molecule has 4 bridgehead atoms. The van der Waals surface area contributed by atoms with Gasteiger partial charge in [-0.1, -0.05) is 43.0 Å². The summed E-state index contributed by atoms with van der Waals surface area (Å²) in [4.78, 5) is 50.1. The van der Waals surface area contributed by atoms with Crippen LogP contribution in [0.1, 0.15) is 88.8 Å². The summed E-state index contributed by atoms with van der Waals surface area (Å²) in [6.45, 7) is -0.383. The molecule has 2 saturated heterocycles. The molecule has 3 heterocycles.